The first-order chi connectivity index (χ1) is 11.1. The number of fused-ring (bicyclic) bond motifs is 3. The molecule has 2 nitrogen and oxygen atoms in total. The van der Waals surface area contributed by atoms with Gasteiger partial charge in [0.25, 0.3) is 5.56 Å². The van der Waals surface area contributed by atoms with E-state index in [1.165, 1.54) is 0 Å². The van der Waals surface area contributed by atoms with Crippen molar-refractivity contribution >= 4 is 46.3 Å². The number of rotatable bonds is 1. The molecule has 1 atom stereocenters. The van der Waals surface area contributed by atoms with Gasteiger partial charge in [-0.05, 0) is 23.1 Å². The summed E-state index contributed by atoms with van der Waals surface area (Å²) in [4.78, 5) is 15.1. The van der Waals surface area contributed by atoms with Crippen molar-refractivity contribution in [2.24, 2.45) is 0 Å². The molecule has 0 bridgehead atoms. The number of hydrogen-bond acceptors (Lipinski definition) is 3. The third kappa shape index (κ3) is 2.64. The van der Waals surface area contributed by atoms with Crippen molar-refractivity contribution in [2.45, 2.75) is 16.1 Å². The van der Waals surface area contributed by atoms with E-state index in [1.54, 1.807) is 33.7 Å². The molecule has 0 N–H and O–H groups in total. The molecule has 0 fully saturated rings. The predicted molar refractivity (Wildman–Crippen MR) is 100.0 cm³/mol. The molecule has 0 saturated carbocycles. The van der Waals surface area contributed by atoms with Crippen molar-refractivity contribution in [1.82, 2.24) is 4.57 Å². The maximum Gasteiger partial charge on any atom is 0.259 e. The van der Waals surface area contributed by atoms with Crippen LogP contribution in [0.15, 0.2) is 57.5 Å². The molecule has 0 saturated heterocycles. The van der Waals surface area contributed by atoms with Crippen LogP contribution in [0.1, 0.15) is 0 Å². The van der Waals surface area contributed by atoms with Crippen molar-refractivity contribution in [3.8, 4) is 21.7 Å². The largest absolute Gasteiger partial charge is 0.303 e. The highest BCUT2D eigenvalue weighted by Gasteiger charge is 2.25. The fourth-order valence-electron chi connectivity index (χ4n) is 2.74. The Kier molecular flexibility index (Phi) is 4.01. The van der Waals surface area contributed by atoms with Gasteiger partial charge in [-0.25, -0.2) is 0 Å². The quantitative estimate of drug-likeness (QED) is 0.515. The monoisotopic (exact) mass is 379 g/mol. The number of alkyl halides is 1. The highest BCUT2D eigenvalue weighted by atomic mass is 35.5. The molecule has 4 rings (SSSR count). The Bertz CT molecular complexity index is 934. The van der Waals surface area contributed by atoms with Gasteiger partial charge in [0.1, 0.15) is 4.71 Å². The number of thiophene rings is 1. The van der Waals surface area contributed by atoms with E-state index in [1.807, 2.05) is 41.8 Å². The maximum atomic E-state index is 13.0. The summed E-state index contributed by atoms with van der Waals surface area (Å²) in [6, 6.07) is 13.4. The van der Waals surface area contributed by atoms with Gasteiger partial charge in [0.2, 0.25) is 0 Å². The van der Waals surface area contributed by atoms with Crippen molar-refractivity contribution in [3.05, 3.63) is 63.2 Å². The third-order valence-corrected chi connectivity index (χ3v) is 6.50. The summed E-state index contributed by atoms with van der Waals surface area (Å²) in [5.74, 6) is 0. The number of thioether (sulfide) groups is 1. The zero-order valence-electron chi connectivity index (χ0n) is 11.8. The molecule has 1 unspecified atom stereocenters. The van der Waals surface area contributed by atoms with Crippen molar-refractivity contribution in [1.29, 1.82) is 0 Å². The Morgan fingerprint density at radius 1 is 1.17 bits per heavy atom. The van der Waals surface area contributed by atoms with Gasteiger partial charge < -0.3 is 4.57 Å². The Labute approximate surface area is 151 Å². The first-order valence-electron chi connectivity index (χ1n) is 7.02. The maximum absolute atomic E-state index is 13.0. The second-order valence-corrected chi connectivity index (χ2v) is 8.53. The zero-order valence-corrected chi connectivity index (χ0v) is 15.0. The van der Waals surface area contributed by atoms with Gasteiger partial charge in [0.15, 0.2) is 0 Å². The molecule has 23 heavy (non-hydrogen) atoms. The number of pyridine rings is 1. The summed E-state index contributed by atoms with van der Waals surface area (Å²) in [6.45, 7) is 0.433. The Morgan fingerprint density at radius 3 is 2.74 bits per heavy atom. The standard InChI is InChI=1S/C17H11Cl2NOS2/c18-12-8-11(10-4-2-1-3-5-10)17(21)20-9-14(19)23-13-6-7-22-16(13)15(12)20/h1-8,14H,9H2. The number of benzene rings is 1. The summed E-state index contributed by atoms with van der Waals surface area (Å²) >= 11 is 16.1. The van der Waals surface area contributed by atoms with E-state index in [0.717, 1.165) is 21.0 Å². The molecule has 116 valence electrons. The summed E-state index contributed by atoms with van der Waals surface area (Å²) < 4.78 is 1.52. The average Bonchev–Trinajstić information content (AvgIpc) is 2.93. The topological polar surface area (TPSA) is 22.0 Å². The summed E-state index contributed by atoms with van der Waals surface area (Å²) in [5.41, 5.74) is 2.19. The van der Waals surface area contributed by atoms with E-state index >= 15 is 0 Å². The van der Waals surface area contributed by atoms with E-state index in [0.29, 0.717) is 17.1 Å². The highest BCUT2D eigenvalue weighted by Crippen LogP contribution is 2.44. The summed E-state index contributed by atoms with van der Waals surface area (Å²) in [6.07, 6.45) is 0. The summed E-state index contributed by atoms with van der Waals surface area (Å²) in [7, 11) is 0. The lowest BCUT2D eigenvalue weighted by molar-refractivity contribution is 0.728. The molecule has 0 amide bonds. The Hall–Kier alpha value is -1.20. The Balaban J connectivity index is 2.02. The minimum absolute atomic E-state index is 0.0527. The molecule has 3 aromatic rings. The van der Waals surface area contributed by atoms with Crippen LogP contribution in [0.5, 0.6) is 0 Å². The molecule has 0 spiro atoms. The normalized spacial score (nSPS) is 16.5. The van der Waals surface area contributed by atoms with Gasteiger partial charge in [-0.1, -0.05) is 41.9 Å². The minimum atomic E-state index is -0.204. The zero-order chi connectivity index (χ0) is 16.0. The van der Waals surface area contributed by atoms with Crippen molar-refractivity contribution < 1.29 is 0 Å². The van der Waals surface area contributed by atoms with E-state index in [9.17, 15) is 4.79 Å². The van der Waals surface area contributed by atoms with Crippen molar-refractivity contribution in [2.75, 3.05) is 0 Å². The van der Waals surface area contributed by atoms with Gasteiger partial charge in [-0.15, -0.1) is 34.7 Å². The van der Waals surface area contributed by atoms with Crippen LogP contribution in [0.2, 0.25) is 5.02 Å². The van der Waals surface area contributed by atoms with E-state index in [4.69, 9.17) is 23.2 Å². The van der Waals surface area contributed by atoms with Crippen LogP contribution in [-0.4, -0.2) is 9.28 Å². The number of aromatic nitrogens is 1. The van der Waals surface area contributed by atoms with E-state index < -0.39 is 0 Å². The first-order valence-corrected chi connectivity index (χ1v) is 9.60. The second kappa shape index (κ2) is 6.02. The van der Waals surface area contributed by atoms with Gasteiger partial charge >= 0.3 is 0 Å². The molecule has 1 aliphatic rings. The molecular weight excluding hydrogens is 369 g/mol. The van der Waals surface area contributed by atoms with Crippen LogP contribution in [-0.2, 0) is 6.54 Å². The lowest BCUT2D eigenvalue weighted by atomic mass is 10.1. The van der Waals surface area contributed by atoms with E-state index in [2.05, 4.69) is 0 Å². The molecule has 6 heteroatoms. The van der Waals surface area contributed by atoms with Crippen LogP contribution in [0.3, 0.4) is 0 Å². The molecule has 0 radical (unpaired) electrons. The third-order valence-electron chi connectivity index (χ3n) is 3.75. The second-order valence-electron chi connectivity index (χ2n) is 5.18. The molecule has 0 aliphatic carbocycles. The van der Waals surface area contributed by atoms with Crippen LogP contribution >= 0.6 is 46.3 Å². The number of nitrogens with zero attached hydrogens (tertiary/aromatic N) is 1. The fraction of sp³-hybridized carbons (Fsp3) is 0.118. The minimum Gasteiger partial charge on any atom is -0.303 e. The van der Waals surface area contributed by atoms with Crippen LogP contribution in [0, 0.1) is 0 Å². The lowest BCUT2D eigenvalue weighted by Crippen LogP contribution is -2.25. The van der Waals surface area contributed by atoms with Crippen LogP contribution in [0.25, 0.3) is 21.7 Å². The van der Waals surface area contributed by atoms with E-state index in [-0.39, 0.29) is 10.3 Å². The first kappa shape index (κ1) is 15.3. The van der Waals surface area contributed by atoms with Gasteiger partial charge in [-0.3, -0.25) is 4.79 Å². The van der Waals surface area contributed by atoms with Gasteiger partial charge in [0, 0.05) is 10.5 Å². The molecule has 3 heterocycles. The molecule has 1 aromatic carbocycles. The predicted octanol–water partition coefficient (Wildman–Crippen LogP) is 5.57. The number of hydrogen-bond donors (Lipinski definition) is 0. The van der Waals surface area contributed by atoms with Crippen molar-refractivity contribution in [3.63, 3.8) is 0 Å². The average molecular weight is 380 g/mol. The molecular formula is C17H11Cl2NOS2. The van der Waals surface area contributed by atoms with Gasteiger partial charge in [0.05, 0.1) is 22.1 Å². The molecule has 1 aliphatic heterocycles. The fourth-order valence-corrected chi connectivity index (χ4v) is 5.61. The Morgan fingerprint density at radius 2 is 1.96 bits per heavy atom. The number of halogens is 2. The van der Waals surface area contributed by atoms with Gasteiger partial charge in [-0.2, -0.15) is 0 Å². The molecule has 2 aromatic heterocycles. The smallest absolute Gasteiger partial charge is 0.259 e. The SMILES string of the molecule is O=c1c(-c2ccccc2)cc(Cl)c2n1CC(Cl)Sc1ccsc1-2. The summed E-state index contributed by atoms with van der Waals surface area (Å²) in [5, 5.41) is 2.58. The van der Waals surface area contributed by atoms with Crippen LogP contribution in [0.4, 0.5) is 0 Å². The lowest BCUT2D eigenvalue weighted by Gasteiger charge is -2.15. The van der Waals surface area contributed by atoms with Crippen LogP contribution < -0.4 is 5.56 Å². The highest BCUT2D eigenvalue weighted by molar-refractivity contribution is 8.01.